The molecule has 43 heavy (non-hydrogen) atoms. The van der Waals surface area contributed by atoms with Crippen LogP contribution in [0.2, 0.25) is 0 Å². The number of hydrogen-bond donors (Lipinski definition) is 4. The Kier molecular flexibility index (Phi) is 11.2. The molecule has 2 aromatic carbocycles. The van der Waals surface area contributed by atoms with Crippen LogP contribution < -0.4 is 11.5 Å². The molecule has 0 aliphatic rings. The highest BCUT2D eigenvalue weighted by Gasteiger charge is 2.33. The molecule has 0 aliphatic heterocycles. The van der Waals surface area contributed by atoms with E-state index in [1.165, 1.54) is 22.3 Å². The molecule has 0 spiro atoms. The normalized spacial score (nSPS) is 13.7. The van der Waals surface area contributed by atoms with Crippen molar-refractivity contribution in [3.05, 3.63) is 70.8 Å². The highest BCUT2D eigenvalue weighted by Crippen LogP contribution is 2.42. The maximum Gasteiger partial charge on any atom is 0.0910 e. The van der Waals surface area contributed by atoms with Gasteiger partial charge in [-0.15, -0.1) is 0 Å². The van der Waals surface area contributed by atoms with Crippen molar-refractivity contribution in [3.63, 3.8) is 0 Å². The number of nitrogens with one attached hydrogen (secondary N) is 2. The number of amidine groups is 2. The predicted octanol–water partition coefficient (Wildman–Crippen LogP) is 9.95. The average molecular weight is 589 g/mol. The van der Waals surface area contributed by atoms with Gasteiger partial charge in [0, 0.05) is 12.8 Å². The second-order valence-corrected chi connectivity index (χ2v) is 18.1. The Balaban J connectivity index is 2.05. The van der Waals surface area contributed by atoms with Crippen LogP contribution in [-0.4, -0.2) is 11.7 Å². The molecular weight excluding hydrogens is 524 g/mol. The van der Waals surface area contributed by atoms with E-state index in [2.05, 4.69) is 132 Å². The van der Waals surface area contributed by atoms with Crippen molar-refractivity contribution in [3.8, 4) is 0 Å². The van der Waals surface area contributed by atoms with Gasteiger partial charge in [-0.05, 0) is 86.8 Å². The highest BCUT2D eigenvalue weighted by molar-refractivity contribution is 5.77. The summed E-state index contributed by atoms with van der Waals surface area (Å²) in [5, 5.41) is 15.5. The second kappa shape index (κ2) is 13.2. The average Bonchev–Trinajstić information content (AvgIpc) is 2.74. The number of hydrogen-bond acceptors (Lipinski definition) is 2. The van der Waals surface area contributed by atoms with Crippen molar-refractivity contribution in [2.24, 2.45) is 33.1 Å². The van der Waals surface area contributed by atoms with Gasteiger partial charge in [0.05, 0.1) is 11.7 Å². The van der Waals surface area contributed by atoms with Crippen molar-refractivity contribution in [1.82, 2.24) is 0 Å². The van der Waals surface area contributed by atoms with Crippen molar-refractivity contribution >= 4 is 11.7 Å². The monoisotopic (exact) mass is 589 g/mol. The lowest BCUT2D eigenvalue weighted by atomic mass is 9.68. The van der Waals surface area contributed by atoms with Crippen molar-refractivity contribution in [2.75, 3.05) is 0 Å². The second-order valence-electron chi connectivity index (χ2n) is 18.1. The van der Waals surface area contributed by atoms with Crippen LogP contribution in [0.5, 0.6) is 0 Å². The third kappa shape index (κ3) is 12.1. The Labute approximate surface area is 264 Å². The SMILES string of the molecule is CC(C)(Cc1ccc(C(C)(C)CC(C)(C)CC(=N)N)cc1)CC(C)(C)Cc1ccc(C(C)(C)CC(C)(C)CC(=N)N)cc1. The Bertz CT molecular complexity index is 1130. The van der Waals surface area contributed by atoms with E-state index in [9.17, 15) is 0 Å². The van der Waals surface area contributed by atoms with Gasteiger partial charge < -0.3 is 11.5 Å². The minimum Gasteiger partial charge on any atom is -0.388 e. The molecule has 0 atom stereocenters. The zero-order valence-electron chi connectivity index (χ0n) is 29.7. The lowest BCUT2D eigenvalue weighted by Crippen LogP contribution is -2.30. The van der Waals surface area contributed by atoms with Crippen molar-refractivity contribution in [2.45, 2.75) is 139 Å². The molecule has 0 amide bonds. The molecular formula is C39H64N4. The van der Waals surface area contributed by atoms with Crippen LogP contribution in [-0.2, 0) is 23.7 Å². The molecule has 6 N–H and O–H groups in total. The van der Waals surface area contributed by atoms with E-state index in [0.717, 1.165) is 32.1 Å². The molecule has 0 saturated heterocycles. The molecule has 0 bridgehead atoms. The van der Waals surface area contributed by atoms with E-state index in [0.29, 0.717) is 12.8 Å². The van der Waals surface area contributed by atoms with E-state index in [-0.39, 0.29) is 44.2 Å². The predicted molar refractivity (Wildman–Crippen MR) is 188 cm³/mol. The van der Waals surface area contributed by atoms with Gasteiger partial charge in [-0.2, -0.15) is 0 Å². The van der Waals surface area contributed by atoms with Gasteiger partial charge in [0.25, 0.3) is 0 Å². The van der Waals surface area contributed by atoms with Crippen LogP contribution in [0.4, 0.5) is 0 Å². The fourth-order valence-electron chi connectivity index (χ4n) is 8.43. The molecule has 0 saturated carbocycles. The summed E-state index contributed by atoms with van der Waals surface area (Å²) in [6, 6.07) is 18.5. The summed E-state index contributed by atoms with van der Waals surface area (Å²) in [7, 11) is 0. The van der Waals surface area contributed by atoms with Crippen LogP contribution in [0, 0.1) is 32.5 Å². The fourth-order valence-corrected chi connectivity index (χ4v) is 8.43. The van der Waals surface area contributed by atoms with Gasteiger partial charge in [-0.25, -0.2) is 0 Å². The van der Waals surface area contributed by atoms with Crippen LogP contribution >= 0.6 is 0 Å². The van der Waals surface area contributed by atoms with E-state index >= 15 is 0 Å². The third-order valence-electron chi connectivity index (χ3n) is 8.97. The highest BCUT2D eigenvalue weighted by atomic mass is 14.7. The standard InChI is InChI=1S/C39H64N4/c1-34(2,21-28-13-17-30(18-14-28)38(9,10)26-36(5,6)23-32(40)41)25-35(3,4)22-29-15-19-31(20-16-29)39(11,12)27-37(7,8)24-33(42)43/h13-20H,21-27H2,1-12H3,(H3,40,41)(H3,42,43). The summed E-state index contributed by atoms with van der Waals surface area (Å²) < 4.78 is 0. The number of benzene rings is 2. The van der Waals surface area contributed by atoms with Crippen molar-refractivity contribution in [1.29, 1.82) is 10.8 Å². The van der Waals surface area contributed by atoms with Gasteiger partial charge >= 0.3 is 0 Å². The van der Waals surface area contributed by atoms with Gasteiger partial charge in [-0.1, -0.05) is 132 Å². The lowest BCUT2D eigenvalue weighted by molar-refractivity contribution is 0.192. The molecule has 0 fully saturated rings. The summed E-state index contributed by atoms with van der Waals surface area (Å²) in [5.74, 6) is 0.535. The quantitative estimate of drug-likeness (QED) is 0.116. The fraction of sp³-hybridized carbons (Fsp3) is 0.641. The van der Waals surface area contributed by atoms with E-state index in [4.69, 9.17) is 22.3 Å². The van der Waals surface area contributed by atoms with Crippen LogP contribution in [0.3, 0.4) is 0 Å². The molecule has 0 radical (unpaired) electrons. The summed E-state index contributed by atoms with van der Waals surface area (Å²) in [6.45, 7) is 27.7. The first-order valence-corrected chi connectivity index (χ1v) is 16.2. The van der Waals surface area contributed by atoms with E-state index in [1.807, 2.05) is 0 Å². The largest absolute Gasteiger partial charge is 0.388 e. The van der Waals surface area contributed by atoms with Crippen LogP contribution in [0.15, 0.2) is 48.5 Å². The van der Waals surface area contributed by atoms with Crippen LogP contribution in [0.1, 0.15) is 137 Å². The smallest absolute Gasteiger partial charge is 0.0910 e. The van der Waals surface area contributed by atoms with Gasteiger partial charge in [-0.3, -0.25) is 10.8 Å². The molecule has 0 unspecified atom stereocenters. The topological polar surface area (TPSA) is 99.7 Å². The zero-order valence-corrected chi connectivity index (χ0v) is 29.7. The Morgan fingerprint density at radius 2 is 0.744 bits per heavy atom. The first-order chi connectivity index (χ1) is 19.3. The van der Waals surface area contributed by atoms with Crippen LogP contribution in [0.25, 0.3) is 0 Å². The van der Waals surface area contributed by atoms with Gasteiger partial charge in [0.1, 0.15) is 0 Å². The zero-order chi connectivity index (χ0) is 33.1. The summed E-state index contributed by atoms with van der Waals surface area (Å²) in [5.41, 5.74) is 17.3. The summed E-state index contributed by atoms with van der Waals surface area (Å²) in [4.78, 5) is 0. The molecule has 0 heterocycles. The summed E-state index contributed by atoms with van der Waals surface area (Å²) >= 11 is 0. The Hall–Kier alpha value is -2.62. The van der Waals surface area contributed by atoms with E-state index < -0.39 is 0 Å². The van der Waals surface area contributed by atoms with Gasteiger partial charge in [0.2, 0.25) is 0 Å². The van der Waals surface area contributed by atoms with Gasteiger partial charge in [0.15, 0.2) is 0 Å². The minimum atomic E-state index is -0.00863. The molecule has 0 aliphatic carbocycles. The summed E-state index contributed by atoms with van der Waals surface area (Å²) in [6.07, 6.45) is 6.46. The Morgan fingerprint density at radius 3 is 1.00 bits per heavy atom. The molecule has 4 heteroatoms. The molecule has 4 nitrogen and oxygen atoms in total. The Morgan fingerprint density at radius 1 is 0.465 bits per heavy atom. The minimum absolute atomic E-state index is 0.00863. The third-order valence-corrected chi connectivity index (χ3v) is 8.97. The van der Waals surface area contributed by atoms with Crippen molar-refractivity contribution < 1.29 is 0 Å². The first kappa shape index (κ1) is 36.6. The molecule has 0 aromatic heterocycles. The maximum absolute atomic E-state index is 7.74. The molecule has 2 aromatic rings. The first-order valence-electron chi connectivity index (χ1n) is 16.2. The number of nitrogens with two attached hydrogens (primary N) is 2. The molecule has 2 rings (SSSR count). The maximum atomic E-state index is 7.74. The molecule has 240 valence electrons. The van der Waals surface area contributed by atoms with E-state index in [1.54, 1.807) is 0 Å². The number of rotatable bonds is 16. The lowest BCUT2D eigenvalue weighted by Gasteiger charge is -2.37.